The van der Waals surface area contributed by atoms with Crippen LogP contribution in [0.25, 0.3) is 0 Å². The number of hydrogen-bond donors (Lipinski definition) is 0. The van der Waals surface area contributed by atoms with E-state index >= 15 is 0 Å². The second-order valence-corrected chi connectivity index (χ2v) is 6.82. The number of ether oxygens (including phenoxy) is 1. The number of carbonyl (C=O) groups is 1. The highest BCUT2D eigenvalue weighted by Crippen LogP contribution is 2.24. The summed E-state index contributed by atoms with van der Waals surface area (Å²) < 4.78 is 21.6. The maximum Gasteiger partial charge on any atom is 0.345 e. The van der Waals surface area contributed by atoms with Crippen LogP contribution >= 0.6 is 0 Å². The minimum absolute atomic E-state index is 0.00897. The Bertz CT molecular complexity index is 883. The molecule has 2 aliphatic heterocycles. The van der Waals surface area contributed by atoms with Gasteiger partial charge in [-0.3, -0.25) is 9.36 Å². The average Bonchev–Trinajstić information content (AvgIpc) is 2.98. The first-order valence-corrected chi connectivity index (χ1v) is 9.06. The molecule has 1 atom stereocenters. The van der Waals surface area contributed by atoms with Gasteiger partial charge in [-0.15, -0.1) is 0 Å². The maximum atomic E-state index is 13.1. The largest absolute Gasteiger partial charge is 0.368 e. The standard InChI is InChI=1S/C18H22FN5O3/c1-21-18(26)24-10-11-27-15(17(24)20-21)12-16(25)23-8-6-22(7-9-23)14-4-2-13(19)3-5-14/h2-5,15H,6-12H2,1H3. The Morgan fingerprint density at radius 1 is 1.19 bits per heavy atom. The van der Waals surface area contributed by atoms with E-state index in [1.807, 2.05) is 4.90 Å². The Morgan fingerprint density at radius 2 is 1.89 bits per heavy atom. The molecule has 3 heterocycles. The SMILES string of the molecule is Cn1nc2n(c1=O)CCOC2CC(=O)N1CCN(c2ccc(F)cc2)CC1. The van der Waals surface area contributed by atoms with E-state index in [0.29, 0.717) is 45.2 Å². The third-order valence-corrected chi connectivity index (χ3v) is 5.14. The number of aryl methyl sites for hydroxylation is 1. The summed E-state index contributed by atoms with van der Waals surface area (Å²) in [6, 6.07) is 6.39. The van der Waals surface area contributed by atoms with Crippen LogP contribution in [0.5, 0.6) is 0 Å². The molecule has 0 radical (unpaired) electrons. The molecule has 0 N–H and O–H groups in total. The van der Waals surface area contributed by atoms with Gasteiger partial charge in [0.25, 0.3) is 0 Å². The van der Waals surface area contributed by atoms with Gasteiger partial charge in [-0.05, 0) is 24.3 Å². The van der Waals surface area contributed by atoms with Gasteiger partial charge >= 0.3 is 5.69 Å². The number of anilines is 1. The van der Waals surface area contributed by atoms with Gasteiger partial charge in [0.1, 0.15) is 11.9 Å². The van der Waals surface area contributed by atoms with Crippen molar-refractivity contribution in [1.29, 1.82) is 0 Å². The first kappa shape index (κ1) is 17.7. The molecule has 4 rings (SSSR count). The van der Waals surface area contributed by atoms with E-state index in [4.69, 9.17) is 4.74 Å². The molecule has 0 aliphatic carbocycles. The first-order valence-electron chi connectivity index (χ1n) is 9.06. The summed E-state index contributed by atoms with van der Waals surface area (Å²) in [5.74, 6) is 0.255. The highest BCUT2D eigenvalue weighted by Gasteiger charge is 2.30. The van der Waals surface area contributed by atoms with Crippen LogP contribution in [0.1, 0.15) is 18.3 Å². The molecule has 1 aromatic carbocycles. The molecule has 1 fully saturated rings. The normalized spacial score (nSPS) is 19.9. The van der Waals surface area contributed by atoms with Crippen LogP contribution in [0.2, 0.25) is 0 Å². The van der Waals surface area contributed by atoms with E-state index in [-0.39, 0.29) is 23.8 Å². The van der Waals surface area contributed by atoms with Crippen molar-refractivity contribution < 1.29 is 13.9 Å². The summed E-state index contributed by atoms with van der Waals surface area (Å²) >= 11 is 0. The van der Waals surface area contributed by atoms with Gasteiger partial charge in [0.15, 0.2) is 5.82 Å². The van der Waals surface area contributed by atoms with E-state index in [1.165, 1.54) is 16.8 Å². The van der Waals surface area contributed by atoms with E-state index in [0.717, 1.165) is 5.69 Å². The summed E-state index contributed by atoms with van der Waals surface area (Å²) in [4.78, 5) is 28.7. The molecule has 0 spiro atoms. The van der Waals surface area contributed by atoms with Gasteiger partial charge in [0.05, 0.1) is 19.6 Å². The lowest BCUT2D eigenvalue weighted by atomic mass is 10.1. The Balaban J connectivity index is 1.37. The zero-order chi connectivity index (χ0) is 19.0. The summed E-state index contributed by atoms with van der Waals surface area (Å²) in [6.45, 7) is 3.43. The van der Waals surface area contributed by atoms with E-state index in [9.17, 15) is 14.0 Å². The minimum atomic E-state index is -0.490. The number of hydrogen-bond acceptors (Lipinski definition) is 5. The maximum absolute atomic E-state index is 13.1. The van der Waals surface area contributed by atoms with Crippen molar-refractivity contribution in [3.05, 3.63) is 46.4 Å². The number of rotatable bonds is 3. The smallest absolute Gasteiger partial charge is 0.345 e. The fourth-order valence-corrected chi connectivity index (χ4v) is 3.64. The highest BCUT2D eigenvalue weighted by molar-refractivity contribution is 5.77. The van der Waals surface area contributed by atoms with Crippen molar-refractivity contribution in [3.63, 3.8) is 0 Å². The highest BCUT2D eigenvalue weighted by atomic mass is 19.1. The van der Waals surface area contributed by atoms with Crippen molar-refractivity contribution in [1.82, 2.24) is 19.2 Å². The van der Waals surface area contributed by atoms with Crippen LogP contribution in [0, 0.1) is 5.82 Å². The fraction of sp³-hybridized carbons (Fsp3) is 0.500. The van der Waals surface area contributed by atoms with Crippen LogP contribution in [0.3, 0.4) is 0 Å². The fourth-order valence-electron chi connectivity index (χ4n) is 3.64. The van der Waals surface area contributed by atoms with Crippen molar-refractivity contribution >= 4 is 11.6 Å². The minimum Gasteiger partial charge on any atom is -0.368 e. The van der Waals surface area contributed by atoms with E-state index < -0.39 is 6.10 Å². The predicted molar refractivity (Wildman–Crippen MR) is 96.0 cm³/mol. The van der Waals surface area contributed by atoms with Gasteiger partial charge in [-0.2, -0.15) is 5.10 Å². The summed E-state index contributed by atoms with van der Waals surface area (Å²) in [5.41, 5.74) is 0.773. The third-order valence-electron chi connectivity index (χ3n) is 5.14. The van der Waals surface area contributed by atoms with Crippen LogP contribution in [-0.2, 0) is 23.1 Å². The summed E-state index contributed by atoms with van der Waals surface area (Å²) in [6.07, 6.45) is -0.317. The molecule has 1 amide bonds. The predicted octanol–water partition coefficient (Wildman–Crippen LogP) is 0.531. The number of fused-ring (bicyclic) bond motifs is 1. The molecule has 27 heavy (non-hydrogen) atoms. The van der Waals surface area contributed by atoms with Gasteiger partial charge in [-0.25, -0.2) is 13.9 Å². The van der Waals surface area contributed by atoms with Crippen LogP contribution in [0.4, 0.5) is 10.1 Å². The lowest BCUT2D eigenvalue weighted by molar-refractivity contribution is -0.135. The Hall–Kier alpha value is -2.68. The number of amides is 1. The topological polar surface area (TPSA) is 72.6 Å². The van der Waals surface area contributed by atoms with Gasteiger partial charge < -0.3 is 14.5 Å². The summed E-state index contributed by atoms with van der Waals surface area (Å²) in [5, 5.41) is 4.22. The number of benzene rings is 1. The van der Waals surface area contributed by atoms with Crippen LogP contribution in [-0.4, -0.2) is 57.9 Å². The van der Waals surface area contributed by atoms with Crippen LogP contribution in [0.15, 0.2) is 29.1 Å². The molecule has 1 unspecified atom stereocenters. The molecule has 9 heteroatoms. The number of piperazine rings is 1. The lowest BCUT2D eigenvalue weighted by Crippen LogP contribution is -2.49. The van der Waals surface area contributed by atoms with Crippen molar-refractivity contribution in [3.8, 4) is 0 Å². The molecule has 2 aliphatic rings. The molecule has 0 saturated carbocycles. The van der Waals surface area contributed by atoms with E-state index in [1.54, 1.807) is 23.7 Å². The monoisotopic (exact) mass is 375 g/mol. The average molecular weight is 375 g/mol. The Morgan fingerprint density at radius 3 is 2.59 bits per heavy atom. The number of nitrogens with zero attached hydrogens (tertiary/aromatic N) is 5. The molecule has 144 valence electrons. The number of carbonyl (C=O) groups excluding carboxylic acids is 1. The van der Waals surface area contributed by atoms with Crippen molar-refractivity contribution in [2.75, 3.05) is 37.7 Å². The van der Waals surface area contributed by atoms with Gasteiger partial charge in [0, 0.05) is 38.9 Å². The molecule has 2 aromatic rings. The molecule has 8 nitrogen and oxygen atoms in total. The number of halogens is 1. The van der Waals surface area contributed by atoms with Crippen molar-refractivity contribution in [2.45, 2.75) is 19.1 Å². The third kappa shape index (κ3) is 3.46. The molecular weight excluding hydrogens is 353 g/mol. The molecular formula is C18H22FN5O3. The zero-order valence-electron chi connectivity index (χ0n) is 15.2. The van der Waals surface area contributed by atoms with E-state index in [2.05, 4.69) is 10.00 Å². The molecule has 1 saturated heterocycles. The zero-order valence-corrected chi connectivity index (χ0v) is 15.2. The van der Waals surface area contributed by atoms with Crippen LogP contribution < -0.4 is 10.6 Å². The Labute approximate surface area is 155 Å². The second-order valence-electron chi connectivity index (χ2n) is 6.82. The molecule has 0 bridgehead atoms. The van der Waals surface area contributed by atoms with Gasteiger partial charge in [-0.1, -0.05) is 0 Å². The second kappa shape index (κ2) is 7.15. The number of aromatic nitrogens is 3. The summed E-state index contributed by atoms with van der Waals surface area (Å²) in [7, 11) is 1.60. The lowest BCUT2D eigenvalue weighted by Gasteiger charge is -2.36. The molecule has 1 aromatic heterocycles. The first-order chi connectivity index (χ1) is 13.0. The van der Waals surface area contributed by atoms with Gasteiger partial charge in [0.2, 0.25) is 5.91 Å². The Kier molecular flexibility index (Phi) is 4.69. The quantitative estimate of drug-likeness (QED) is 0.783. The van der Waals surface area contributed by atoms with Crippen molar-refractivity contribution in [2.24, 2.45) is 7.05 Å².